The lowest BCUT2D eigenvalue weighted by Crippen LogP contribution is -2.35. The summed E-state index contributed by atoms with van der Waals surface area (Å²) in [5.74, 6) is -1.12. The van der Waals surface area contributed by atoms with Gasteiger partial charge in [0.1, 0.15) is 11.5 Å². The van der Waals surface area contributed by atoms with E-state index in [4.69, 9.17) is 9.83 Å². The van der Waals surface area contributed by atoms with Crippen LogP contribution in [0.25, 0.3) is 17.4 Å². The van der Waals surface area contributed by atoms with E-state index < -0.39 is 27.9 Å². The molecule has 31 heavy (non-hydrogen) atoms. The van der Waals surface area contributed by atoms with Crippen molar-refractivity contribution in [3.05, 3.63) is 57.8 Å². The number of amidine groups is 2. The summed E-state index contributed by atoms with van der Waals surface area (Å²) in [5, 5.41) is 21.3. The van der Waals surface area contributed by atoms with Crippen LogP contribution >= 0.6 is 24.2 Å². The van der Waals surface area contributed by atoms with Gasteiger partial charge in [0.15, 0.2) is 5.84 Å². The van der Waals surface area contributed by atoms with Gasteiger partial charge in [-0.1, -0.05) is 12.1 Å². The summed E-state index contributed by atoms with van der Waals surface area (Å²) < 4.78 is 44.1. The highest BCUT2D eigenvalue weighted by Crippen LogP contribution is 2.35. The van der Waals surface area contributed by atoms with Crippen LogP contribution in [0.1, 0.15) is 5.76 Å². The van der Waals surface area contributed by atoms with Gasteiger partial charge in [0.05, 0.1) is 10.5 Å². The minimum absolute atomic E-state index is 0. The van der Waals surface area contributed by atoms with E-state index in [1.165, 1.54) is 30.3 Å². The normalized spacial score (nSPS) is 17.3. The molecular weight excluding hydrogens is 463 g/mol. The maximum atomic E-state index is 12.9. The Labute approximate surface area is 181 Å². The summed E-state index contributed by atoms with van der Waals surface area (Å²) in [6.45, 7) is 0. The maximum Gasteiger partial charge on any atom is 0.441 e. The van der Waals surface area contributed by atoms with Gasteiger partial charge in [-0.05, 0) is 30.0 Å². The SMILES string of the molecule is Cl.N=C1/C(=C/c2ccc(-c3cccc([N+](=O)[O-])c3)o2)C(=O)N=C2SC(C(F)(F)F)=NN12. The molecule has 2 aromatic rings. The zero-order valence-electron chi connectivity index (χ0n) is 14.9. The third-order valence-electron chi connectivity index (χ3n) is 3.95. The van der Waals surface area contributed by atoms with Gasteiger partial charge in [-0.15, -0.1) is 12.4 Å². The molecule has 160 valence electrons. The second kappa shape index (κ2) is 8.00. The van der Waals surface area contributed by atoms with E-state index in [0.29, 0.717) is 10.6 Å². The average molecular weight is 472 g/mol. The van der Waals surface area contributed by atoms with Crippen LogP contribution in [0.2, 0.25) is 0 Å². The lowest BCUT2D eigenvalue weighted by Gasteiger charge is -2.19. The number of aliphatic imine (C=N–C) groups is 1. The lowest BCUT2D eigenvalue weighted by molar-refractivity contribution is -0.384. The number of hydrogen-bond acceptors (Lipinski definition) is 7. The quantitative estimate of drug-likeness (QED) is 0.400. The van der Waals surface area contributed by atoms with Crippen molar-refractivity contribution in [2.75, 3.05) is 0 Å². The van der Waals surface area contributed by atoms with Crippen molar-refractivity contribution in [1.29, 1.82) is 5.41 Å². The number of hydrazone groups is 1. The Morgan fingerprint density at radius 3 is 2.68 bits per heavy atom. The molecule has 4 rings (SSSR count). The minimum Gasteiger partial charge on any atom is -0.457 e. The van der Waals surface area contributed by atoms with E-state index in [0.717, 1.165) is 6.08 Å². The smallest absolute Gasteiger partial charge is 0.441 e. The number of nitro groups is 1. The molecule has 0 fully saturated rings. The number of hydrogen-bond donors (Lipinski definition) is 1. The fourth-order valence-corrected chi connectivity index (χ4v) is 3.37. The van der Waals surface area contributed by atoms with Gasteiger partial charge >= 0.3 is 6.18 Å². The molecule has 0 atom stereocenters. The lowest BCUT2D eigenvalue weighted by atomic mass is 10.1. The van der Waals surface area contributed by atoms with Gasteiger partial charge in [-0.3, -0.25) is 20.3 Å². The van der Waals surface area contributed by atoms with Crippen LogP contribution in [0.3, 0.4) is 0 Å². The Balaban J connectivity index is 0.00000272. The van der Waals surface area contributed by atoms with Gasteiger partial charge in [0.2, 0.25) is 10.2 Å². The Morgan fingerprint density at radius 1 is 1.26 bits per heavy atom. The van der Waals surface area contributed by atoms with Crippen molar-refractivity contribution in [2.24, 2.45) is 10.1 Å². The van der Waals surface area contributed by atoms with Crippen LogP contribution < -0.4 is 0 Å². The molecule has 0 aliphatic carbocycles. The summed E-state index contributed by atoms with van der Waals surface area (Å²) in [6, 6.07) is 8.63. The topological polar surface area (TPSA) is 125 Å². The van der Waals surface area contributed by atoms with Gasteiger partial charge in [-0.2, -0.15) is 28.3 Å². The number of amides is 1. The molecule has 1 N–H and O–H groups in total. The fraction of sp³-hybridized carbons (Fsp3) is 0.0588. The number of fused-ring (bicyclic) bond motifs is 1. The average Bonchev–Trinajstić information content (AvgIpc) is 3.32. The first-order chi connectivity index (χ1) is 14.1. The number of rotatable bonds is 3. The first-order valence-electron chi connectivity index (χ1n) is 8.05. The Hall–Kier alpha value is -3.45. The third-order valence-corrected chi connectivity index (χ3v) is 4.91. The standard InChI is InChI=1S/C17H8F3N5O4S.ClH/c18-17(19,20)15-23-24-13(21)11(14(26)22-16(24)30-15)7-10-4-5-12(29-10)8-2-1-3-9(6-8)25(27)28;/h1-7,21H;1H/b11-7-,21-13?;. The molecule has 3 heterocycles. The van der Waals surface area contributed by atoms with Crippen LogP contribution in [0.15, 0.2) is 56.5 Å². The molecule has 0 saturated carbocycles. The molecule has 1 aromatic heterocycles. The van der Waals surface area contributed by atoms with Gasteiger partial charge in [-0.25, -0.2) is 0 Å². The van der Waals surface area contributed by atoms with Gasteiger partial charge < -0.3 is 4.42 Å². The molecule has 2 aliphatic heterocycles. The fourth-order valence-electron chi connectivity index (χ4n) is 2.61. The van der Waals surface area contributed by atoms with Crippen LogP contribution in [0.5, 0.6) is 0 Å². The third kappa shape index (κ3) is 4.22. The van der Waals surface area contributed by atoms with Crippen molar-refractivity contribution in [3.8, 4) is 11.3 Å². The molecule has 2 aliphatic rings. The monoisotopic (exact) mass is 471 g/mol. The summed E-state index contributed by atoms with van der Waals surface area (Å²) in [5.41, 5.74) is -0.0409. The highest BCUT2D eigenvalue weighted by atomic mass is 35.5. The zero-order chi connectivity index (χ0) is 21.6. The molecule has 14 heteroatoms. The number of benzene rings is 1. The predicted octanol–water partition coefficient (Wildman–Crippen LogP) is 4.46. The minimum atomic E-state index is -4.73. The molecule has 0 radical (unpaired) electrons. The molecule has 0 saturated heterocycles. The van der Waals surface area contributed by atoms with Crippen LogP contribution in [-0.2, 0) is 4.79 Å². The number of alkyl halides is 3. The summed E-state index contributed by atoms with van der Waals surface area (Å²) in [6.07, 6.45) is -3.58. The molecule has 1 aromatic carbocycles. The van der Waals surface area contributed by atoms with Crippen molar-refractivity contribution in [1.82, 2.24) is 5.01 Å². The van der Waals surface area contributed by atoms with Crippen LogP contribution in [0.4, 0.5) is 18.9 Å². The number of carbonyl (C=O) groups excluding carboxylic acids is 1. The second-order valence-electron chi connectivity index (χ2n) is 5.93. The number of halogens is 4. The first-order valence-corrected chi connectivity index (χ1v) is 8.87. The Kier molecular flexibility index (Phi) is 5.74. The number of nitro benzene ring substituents is 1. The zero-order valence-corrected chi connectivity index (χ0v) is 16.5. The molecule has 1 amide bonds. The molecular formula is C17H9ClF3N5O4S. The van der Waals surface area contributed by atoms with E-state index in [2.05, 4.69) is 10.1 Å². The van der Waals surface area contributed by atoms with Crippen molar-refractivity contribution >= 4 is 57.9 Å². The van der Waals surface area contributed by atoms with E-state index >= 15 is 0 Å². The second-order valence-corrected chi connectivity index (χ2v) is 6.89. The van der Waals surface area contributed by atoms with Gasteiger partial charge in [0.25, 0.3) is 11.6 Å². The Morgan fingerprint density at radius 2 is 2.00 bits per heavy atom. The highest BCUT2D eigenvalue weighted by molar-refractivity contribution is 8.27. The number of furan rings is 1. The van der Waals surface area contributed by atoms with E-state index in [1.807, 2.05) is 0 Å². The van der Waals surface area contributed by atoms with E-state index in [1.54, 1.807) is 6.07 Å². The van der Waals surface area contributed by atoms with Crippen molar-refractivity contribution in [2.45, 2.75) is 6.18 Å². The Bertz CT molecular complexity index is 1200. The van der Waals surface area contributed by atoms with Gasteiger partial charge in [0, 0.05) is 17.7 Å². The predicted molar refractivity (Wildman–Crippen MR) is 109 cm³/mol. The maximum absolute atomic E-state index is 12.9. The van der Waals surface area contributed by atoms with E-state index in [-0.39, 0.29) is 52.1 Å². The van der Waals surface area contributed by atoms with Crippen molar-refractivity contribution in [3.63, 3.8) is 0 Å². The number of nitrogens with one attached hydrogen (secondary N) is 1. The van der Waals surface area contributed by atoms with E-state index in [9.17, 15) is 28.1 Å². The highest BCUT2D eigenvalue weighted by Gasteiger charge is 2.46. The number of thioether (sulfide) groups is 1. The van der Waals surface area contributed by atoms with Crippen LogP contribution in [0, 0.1) is 15.5 Å². The van der Waals surface area contributed by atoms with Crippen molar-refractivity contribution < 1.29 is 27.3 Å². The summed E-state index contributed by atoms with van der Waals surface area (Å²) in [4.78, 5) is 26.1. The molecule has 0 spiro atoms. The first kappa shape index (κ1) is 22.2. The number of carbonyl (C=O) groups is 1. The molecule has 0 bridgehead atoms. The summed E-state index contributed by atoms with van der Waals surface area (Å²) >= 11 is 0.156. The number of non-ortho nitro benzene ring substituents is 1. The largest absolute Gasteiger partial charge is 0.457 e. The van der Waals surface area contributed by atoms with Crippen LogP contribution in [-0.4, -0.2) is 38.1 Å². The molecule has 0 unspecified atom stereocenters. The number of nitrogens with zero attached hydrogens (tertiary/aromatic N) is 4. The summed E-state index contributed by atoms with van der Waals surface area (Å²) in [7, 11) is 0. The molecule has 9 nitrogen and oxygen atoms in total.